The molecule has 1 saturated heterocycles. The van der Waals surface area contributed by atoms with E-state index in [0.717, 1.165) is 12.8 Å². The van der Waals surface area contributed by atoms with Gasteiger partial charge in [0.25, 0.3) is 5.91 Å². The third-order valence-electron chi connectivity index (χ3n) is 3.32. The molecule has 1 aliphatic rings. The number of methoxy groups -OCH3 is 1. The lowest BCUT2D eigenvalue weighted by molar-refractivity contribution is -0.148. The fraction of sp³-hybridized carbons (Fsp3) is 0.909. The smallest absolute Gasteiger partial charge is 0.251 e. The number of nitrogens with zero attached hydrogens (tertiary/aromatic N) is 1. The molecule has 5 nitrogen and oxygen atoms in total. The number of rotatable bonds is 4. The summed E-state index contributed by atoms with van der Waals surface area (Å²) in [6, 6.07) is -0.274. The molecule has 3 unspecified atom stereocenters. The molecule has 94 valence electrons. The summed E-state index contributed by atoms with van der Waals surface area (Å²) >= 11 is 0. The number of hydrogen-bond acceptors (Lipinski definition) is 4. The number of aliphatic hydroxyl groups excluding tert-OH is 2. The fourth-order valence-corrected chi connectivity index (χ4v) is 2.21. The van der Waals surface area contributed by atoms with Crippen LogP contribution in [-0.2, 0) is 9.53 Å². The van der Waals surface area contributed by atoms with Crippen molar-refractivity contribution in [2.75, 3.05) is 26.9 Å². The van der Waals surface area contributed by atoms with Gasteiger partial charge in [0.05, 0.1) is 12.6 Å². The van der Waals surface area contributed by atoms with Gasteiger partial charge in [-0.05, 0) is 19.8 Å². The molecule has 0 saturated carbocycles. The van der Waals surface area contributed by atoms with E-state index in [1.165, 1.54) is 7.11 Å². The highest BCUT2D eigenvalue weighted by atomic mass is 16.5. The van der Waals surface area contributed by atoms with E-state index in [1.807, 2.05) is 0 Å². The highest BCUT2D eigenvalue weighted by Gasteiger charge is 2.35. The first kappa shape index (κ1) is 13.4. The maximum atomic E-state index is 12.0. The highest BCUT2D eigenvalue weighted by Crippen LogP contribution is 2.24. The summed E-state index contributed by atoms with van der Waals surface area (Å²) < 4.78 is 4.99. The Bertz CT molecular complexity index is 234. The Morgan fingerprint density at radius 2 is 2.19 bits per heavy atom. The molecule has 0 aliphatic carbocycles. The summed E-state index contributed by atoms with van der Waals surface area (Å²) in [6.45, 7) is 2.23. The molecule has 1 amide bonds. The molecule has 0 radical (unpaired) electrons. The highest BCUT2D eigenvalue weighted by molar-refractivity contribution is 5.81. The molecular weight excluding hydrogens is 210 g/mol. The van der Waals surface area contributed by atoms with Crippen LogP contribution in [-0.4, -0.2) is 60.0 Å². The van der Waals surface area contributed by atoms with E-state index in [-0.39, 0.29) is 31.1 Å². The predicted molar refractivity (Wildman–Crippen MR) is 58.9 cm³/mol. The van der Waals surface area contributed by atoms with Crippen LogP contribution < -0.4 is 0 Å². The third kappa shape index (κ3) is 2.72. The van der Waals surface area contributed by atoms with E-state index in [0.29, 0.717) is 6.54 Å². The average molecular weight is 231 g/mol. The Kier molecular flexibility index (Phi) is 5.18. The quantitative estimate of drug-likeness (QED) is 0.691. The number of carbonyl (C=O) groups is 1. The second-order valence-electron chi connectivity index (χ2n) is 4.24. The van der Waals surface area contributed by atoms with Gasteiger partial charge in [0.2, 0.25) is 0 Å². The Labute approximate surface area is 96.0 Å². The molecule has 0 spiro atoms. The van der Waals surface area contributed by atoms with E-state index < -0.39 is 6.10 Å². The van der Waals surface area contributed by atoms with Gasteiger partial charge in [0, 0.05) is 26.2 Å². The van der Waals surface area contributed by atoms with Gasteiger partial charge in [-0.2, -0.15) is 0 Å². The molecule has 1 rings (SSSR count). The molecule has 1 aliphatic heterocycles. The number of aliphatic hydroxyl groups is 2. The fourth-order valence-electron chi connectivity index (χ4n) is 2.21. The van der Waals surface area contributed by atoms with Gasteiger partial charge in [0.1, 0.15) is 6.10 Å². The second kappa shape index (κ2) is 6.18. The summed E-state index contributed by atoms with van der Waals surface area (Å²) in [5, 5.41) is 18.5. The molecule has 1 heterocycles. The maximum absolute atomic E-state index is 12.0. The molecule has 3 atom stereocenters. The number of hydrogen-bond donors (Lipinski definition) is 2. The van der Waals surface area contributed by atoms with E-state index in [9.17, 15) is 15.0 Å². The number of amides is 1. The first-order chi connectivity index (χ1) is 7.65. The Balaban J connectivity index is 2.72. The molecule has 0 aromatic heterocycles. The summed E-state index contributed by atoms with van der Waals surface area (Å²) in [5.41, 5.74) is 0. The molecule has 5 heteroatoms. The standard InChI is InChI=1S/C11H21NO4/c1-8(16-2)11(15)12-5-3-4-9(6-13)10(12)7-14/h8-10,13-14H,3-7H2,1-2H3. The van der Waals surface area contributed by atoms with Crippen molar-refractivity contribution in [2.45, 2.75) is 31.9 Å². The Hall–Kier alpha value is -0.650. The van der Waals surface area contributed by atoms with Crippen LogP contribution in [0.5, 0.6) is 0 Å². The van der Waals surface area contributed by atoms with E-state index in [4.69, 9.17) is 4.74 Å². The van der Waals surface area contributed by atoms with Crippen LogP contribution in [0, 0.1) is 5.92 Å². The van der Waals surface area contributed by atoms with Crippen LogP contribution in [0.4, 0.5) is 0 Å². The van der Waals surface area contributed by atoms with Gasteiger partial charge in [-0.15, -0.1) is 0 Å². The number of likely N-dealkylation sites (tertiary alicyclic amines) is 1. The van der Waals surface area contributed by atoms with Crippen LogP contribution in [0.3, 0.4) is 0 Å². The van der Waals surface area contributed by atoms with Crippen LogP contribution in [0.25, 0.3) is 0 Å². The van der Waals surface area contributed by atoms with Crippen LogP contribution in [0.15, 0.2) is 0 Å². The minimum Gasteiger partial charge on any atom is -0.396 e. The van der Waals surface area contributed by atoms with Crippen molar-refractivity contribution >= 4 is 5.91 Å². The first-order valence-electron chi connectivity index (χ1n) is 5.70. The van der Waals surface area contributed by atoms with E-state index in [1.54, 1.807) is 11.8 Å². The van der Waals surface area contributed by atoms with Gasteiger partial charge >= 0.3 is 0 Å². The largest absolute Gasteiger partial charge is 0.396 e. The number of piperidine rings is 1. The lowest BCUT2D eigenvalue weighted by atomic mass is 9.90. The summed E-state index contributed by atoms with van der Waals surface area (Å²) in [5.74, 6) is -0.133. The van der Waals surface area contributed by atoms with E-state index in [2.05, 4.69) is 0 Å². The monoisotopic (exact) mass is 231 g/mol. The summed E-state index contributed by atoms with van der Waals surface area (Å²) in [6.07, 6.45) is 1.23. The minimum absolute atomic E-state index is 0.0103. The van der Waals surface area contributed by atoms with Gasteiger partial charge < -0.3 is 19.8 Å². The molecule has 0 aromatic carbocycles. The van der Waals surface area contributed by atoms with E-state index >= 15 is 0 Å². The molecule has 16 heavy (non-hydrogen) atoms. The van der Waals surface area contributed by atoms with Crippen molar-refractivity contribution in [1.29, 1.82) is 0 Å². The molecular formula is C11H21NO4. The van der Waals surface area contributed by atoms with Crippen molar-refractivity contribution in [2.24, 2.45) is 5.92 Å². The lowest BCUT2D eigenvalue weighted by Gasteiger charge is -2.40. The SMILES string of the molecule is COC(C)C(=O)N1CCCC(CO)C1CO. The van der Waals surface area contributed by atoms with Crippen LogP contribution in [0.2, 0.25) is 0 Å². The average Bonchev–Trinajstić information content (AvgIpc) is 2.35. The maximum Gasteiger partial charge on any atom is 0.251 e. The van der Waals surface area contributed by atoms with Crippen molar-refractivity contribution in [3.8, 4) is 0 Å². The zero-order chi connectivity index (χ0) is 12.1. The van der Waals surface area contributed by atoms with Crippen molar-refractivity contribution in [3.63, 3.8) is 0 Å². The molecule has 2 N–H and O–H groups in total. The molecule has 0 bridgehead atoms. The molecule has 1 fully saturated rings. The normalized spacial score (nSPS) is 27.9. The Morgan fingerprint density at radius 1 is 1.50 bits per heavy atom. The third-order valence-corrected chi connectivity index (χ3v) is 3.32. The number of ether oxygens (including phenoxy) is 1. The first-order valence-corrected chi connectivity index (χ1v) is 5.70. The van der Waals surface area contributed by atoms with Crippen LogP contribution >= 0.6 is 0 Å². The second-order valence-corrected chi connectivity index (χ2v) is 4.24. The van der Waals surface area contributed by atoms with Crippen LogP contribution in [0.1, 0.15) is 19.8 Å². The lowest BCUT2D eigenvalue weighted by Crippen LogP contribution is -2.54. The van der Waals surface area contributed by atoms with Crippen molar-refractivity contribution in [1.82, 2.24) is 4.90 Å². The topological polar surface area (TPSA) is 70.0 Å². The zero-order valence-corrected chi connectivity index (χ0v) is 9.93. The summed E-state index contributed by atoms with van der Waals surface area (Å²) in [7, 11) is 1.49. The van der Waals surface area contributed by atoms with Gasteiger partial charge in [-0.1, -0.05) is 0 Å². The predicted octanol–water partition coefficient (Wildman–Crippen LogP) is -0.387. The molecule has 0 aromatic rings. The van der Waals surface area contributed by atoms with Gasteiger partial charge in [-0.3, -0.25) is 4.79 Å². The number of carbonyl (C=O) groups excluding carboxylic acids is 1. The van der Waals surface area contributed by atoms with Gasteiger partial charge in [0.15, 0.2) is 0 Å². The van der Waals surface area contributed by atoms with Crippen molar-refractivity contribution in [3.05, 3.63) is 0 Å². The minimum atomic E-state index is -0.494. The Morgan fingerprint density at radius 3 is 2.69 bits per heavy atom. The summed E-state index contributed by atoms with van der Waals surface area (Å²) in [4.78, 5) is 13.6. The zero-order valence-electron chi connectivity index (χ0n) is 9.93. The van der Waals surface area contributed by atoms with Crippen molar-refractivity contribution < 1.29 is 19.7 Å². The van der Waals surface area contributed by atoms with Gasteiger partial charge in [-0.25, -0.2) is 0 Å².